The van der Waals surface area contributed by atoms with E-state index in [4.69, 9.17) is 22.1 Å². The summed E-state index contributed by atoms with van der Waals surface area (Å²) >= 11 is 8.27. The first-order chi connectivity index (χ1) is 9.06. The van der Waals surface area contributed by atoms with Gasteiger partial charge in [0, 0.05) is 20.2 Å². The van der Waals surface area contributed by atoms with E-state index in [1.54, 1.807) is 0 Å². The minimum Gasteiger partial charge on any atom is -0.489 e. The Morgan fingerprint density at radius 3 is 2.53 bits per heavy atom. The van der Waals surface area contributed by atoms with Crippen molar-refractivity contribution < 1.29 is 4.74 Å². The van der Waals surface area contributed by atoms with Gasteiger partial charge in [0.2, 0.25) is 0 Å². The second-order valence-electron chi connectivity index (χ2n) is 4.39. The van der Waals surface area contributed by atoms with Crippen LogP contribution < -0.4 is 10.5 Å². The van der Waals surface area contributed by atoms with Gasteiger partial charge in [0.1, 0.15) is 12.4 Å². The maximum Gasteiger partial charge on any atom is 0.124 e. The lowest BCUT2D eigenvalue weighted by Crippen LogP contribution is -2.08. The van der Waals surface area contributed by atoms with Crippen molar-refractivity contribution in [3.05, 3.63) is 62.2 Å². The SMILES string of the molecule is C[C@H](N)c1cc(Cl)ccc1OCc1ccc(I)cc1. The fourth-order valence-corrected chi connectivity index (χ4v) is 2.29. The molecule has 2 rings (SSSR count). The van der Waals surface area contributed by atoms with Crippen LogP contribution in [0.1, 0.15) is 24.1 Å². The minimum atomic E-state index is -0.106. The summed E-state index contributed by atoms with van der Waals surface area (Å²) < 4.78 is 7.05. The van der Waals surface area contributed by atoms with Crippen LogP contribution in [0.4, 0.5) is 0 Å². The topological polar surface area (TPSA) is 35.2 Å². The first-order valence-electron chi connectivity index (χ1n) is 5.98. The lowest BCUT2D eigenvalue weighted by atomic mass is 10.1. The first kappa shape index (κ1) is 14.6. The molecule has 1 atom stereocenters. The molecule has 0 radical (unpaired) electrons. The summed E-state index contributed by atoms with van der Waals surface area (Å²) in [4.78, 5) is 0. The van der Waals surface area contributed by atoms with Crippen molar-refractivity contribution >= 4 is 34.2 Å². The molecule has 100 valence electrons. The van der Waals surface area contributed by atoms with E-state index in [-0.39, 0.29) is 6.04 Å². The van der Waals surface area contributed by atoms with Gasteiger partial charge in [-0.3, -0.25) is 0 Å². The Labute approximate surface area is 132 Å². The molecule has 0 heterocycles. The summed E-state index contributed by atoms with van der Waals surface area (Å²) in [5.74, 6) is 0.790. The number of nitrogens with two attached hydrogens (primary N) is 1. The van der Waals surface area contributed by atoms with Gasteiger partial charge in [-0.2, -0.15) is 0 Å². The predicted molar refractivity (Wildman–Crippen MR) is 87.5 cm³/mol. The quantitative estimate of drug-likeness (QED) is 0.782. The number of benzene rings is 2. The smallest absolute Gasteiger partial charge is 0.124 e. The Morgan fingerprint density at radius 1 is 1.21 bits per heavy atom. The van der Waals surface area contributed by atoms with Crippen LogP contribution in [0.25, 0.3) is 0 Å². The molecule has 4 heteroatoms. The largest absolute Gasteiger partial charge is 0.489 e. The van der Waals surface area contributed by atoms with E-state index < -0.39 is 0 Å². The van der Waals surface area contributed by atoms with Gasteiger partial charge in [-0.25, -0.2) is 0 Å². The molecule has 0 amide bonds. The van der Waals surface area contributed by atoms with E-state index in [1.165, 1.54) is 3.57 Å². The zero-order valence-corrected chi connectivity index (χ0v) is 13.5. The number of halogens is 2. The Kier molecular flexibility index (Phi) is 5.07. The second-order valence-corrected chi connectivity index (χ2v) is 6.07. The molecule has 0 aliphatic heterocycles. The highest BCUT2D eigenvalue weighted by molar-refractivity contribution is 14.1. The molecule has 0 fully saturated rings. The molecule has 0 aliphatic rings. The predicted octanol–water partition coefficient (Wildman–Crippen LogP) is 4.54. The molecule has 0 saturated heterocycles. The van der Waals surface area contributed by atoms with Crippen LogP contribution in [0, 0.1) is 3.57 Å². The highest BCUT2D eigenvalue weighted by Crippen LogP contribution is 2.27. The molecule has 0 aromatic heterocycles. The van der Waals surface area contributed by atoms with Crippen molar-refractivity contribution in [2.24, 2.45) is 5.73 Å². The van der Waals surface area contributed by atoms with E-state index in [1.807, 2.05) is 25.1 Å². The van der Waals surface area contributed by atoms with Gasteiger partial charge >= 0.3 is 0 Å². The van der Waals surface area contributed by atoms with E-state index in [0.717, 1.165) is 16.9 Å². The van der Waals surface area contributed by atoms with Gasteiger partial charge < -0.3 is 10.5 Å². The van der Waals surface area contributed by atoms with Crippen molar-refractivity contribution in [1.82, 2.24) is 0 Å². The normalized spacial score (nSPS) is 12.2. The van der Waals surface area contributed by atoms with Gasteiger partial charge in [-0.1, -0.05) is 23.7 Å². The summed E-state index contributed by atoms with van der Waals surface area (Å²) in [6, 6.07) is 13.7. The first-order valence-corrected chi connectivity index (χ1v) is 7.44. The number of rotatable bonds is 4. The maximum absolute atomic E-state index is 5.98. The average molecular weight is 388 g/mol. The fraction of sp³-hybridized carbons (Fsp3) is 0.200. The van der Waals surface area contributed by atoms with E-state index >= 15 is 0 Å². The van der Waals surface area contributed by atoms with Crippen LogP contribution in [-0.4, -0.2) is 0 Å². The molecule has 19 heavy (non-hydrogen) atoms. The van der Waals surface area contributed by atoms with Crippen molar-refractivity contribution in [1.29, 1.82) is 0 Å². The highest BCUT2D eigenvalue weighted by Gasteiger charge is 2.09. The third-order valence-corrected chi connectivity index (χ3v) is 3.72. The van der Waals surface area contributed by atoms with Crippen LogP contribution in [-0.2, 0) is 6.61 Å². The molecule has 2 nitrogen and oxygen atoms in total. The monoisotopic (exact) mass is 387 g/mol. The Bertz CT molecular complexity index is 555. The Hall–Kier alpha value is -0.780. The van der Waals surface area contributed by atoms with Crippen LogP contribution in [0.3, 0.4) is 0 Å². The molecule has 2 N–H and O–H groups in total. The van der Waals surface area contributed by atoms with Gasteiger partial charge in [0.15, 0.2) is 0 Å². The molecular formula is C15H15ClINO. The average Bonchev–Trinajstić information content (AvgIpc) is 2.39. The summed E-state index contributed by atoms with van der Waals surface area (Å²) in [5.41, 5.74) is 7.99. The molecule has 0 unspecified atom stereocenters. The zero-order chi connectivity index (χ0) is 13.8. The summed E-state index contributed by atoms with van der Waals surface area (Å²) in [7, 11) is 0. The van der Waals surface area contributed by atoms with E-state index in [9.17, 15) is 0 Å². The van der Waals surface area contributed by atoms with Crippen LogP contribution in [0.15, 0.2) is 42.5 Å². The van der Waals surface area contributed by atoms with Crippen LogP contribution >= 0.6 is 34.2 Å². The number of hydrogen-bond donors (Lipinski definition) is 1. The number of hydrogen-bond acceptors (Lipinski definition) is 2. The van der Waals surface area contributed by atoms with Gasteiger partial charge in [0.05, 0.1) is 0 Å². The van der Waals surface area contributed by atoms with Crippen molar-refractivity contribution in [3.63, 3.8) is 0 Å². The molecule has 0 bridgehead atoms. The van der Waals surface area contributed by atoms with E-state index in [0.29, 0.717) is 11.6 Å². The summed E-state index contributed by atoms with van der Waals surface area (Å²) in [6.07, 6.45) is 0. The second kappa shape index (κ2) is 6.59. The van der Waals surface area contributed by atoms with Crippen molar-refractivity contribution in [2.45, 2.75) is 19.6 Å². The Balaban J connectivity index is 2.13. The summed E-state index contributed by atoms with van der Waals surface area (Å²) in [6.45, 7) is 2.45. The van der Waals surface area contributed by atoms with Crippen LogP contribution in [0.5, 0.6) is 5.75 Å². The fourth-order valence-electron chi connectivity index (χ4n) is 1.75. The zero-order valence-electron chi connectivity index (χ0n) is 10.6. The standard InChI is InChI=1S/C15H15ClINO/c1-10(18)14-8-12(16)4-7-15(14)19-9-11-2-5-13(17)6-3-11/h2-8,10H,9,18H2,1H3/t10-/m0/s1. The highest BCUT2D eigenvalue weighted by atomic mass is 127. The lowest BCUT2D eigenvalue weighted by molar-refractivity contribution is 0.301. The van der Waals surface area contributed by atoms with Crippen molar-refractivity contribution in [2.75, 3.05) is 0 Å². The lowest BCUT2D eigenvalue weighted by Gasteiger charge is -2.14. The Morgan fingerprint density at radius 2 is 1.89 bits per heavy atom. The molecule has 0 spiro atoms. The van der Waals surface area contributed by atoms with Crippen molar-refractivity contribution in [3.8, 4) is 5.75 Å². The molecule has 2 aromatic carbocycles. The van der Waals surface area contributed by atoms with Gasteiger partial charge in [-0.15, -0.1) is 0 Å². The maximum atomic E-state index is 5.98. The molecule has 2 aromatic rings. The molecule has 0 aliphatic carbocycles. The van der Waals surface area contributed by atoms with Gasteiger partial charge in [-0.05, 0) is 65.4 Å². The van der Waals surface area contributed by atoms with E-state index in [2.05, 4.69) is 46.9 Å². The third-order valence-electron chi connectivity index (χ3n) is 2.77. The third kappa shape index (κ3) is 4.09. The minimum absolute atomic E-state index is 0.106. The van der Waals surface area contributed by atoms with Crippen LogP contribution in [0.2, 0.25) is 5.02 Å². The summed E-state index contributed by atoms with van der Waals surface area (Å²) in [5, 5.41) is 0.675. The van der Waals surface area contributed by atoms with Gasteiger partial charge in [0.25, 0.3) is 0 Å². The molecule has 0 saturated carbocycles. The molecular weight excluding hydrogens is 373 g/mol. The number of ether oxygens (including phenoxy) is 1.